The second kappa shape index (κ2) is 9.10. The third-order valence-electron chi connectivity index (χ3n) is 5.33. The predicted octanol–water partition coefficient (Wildman–Crippen LogP) is 5.50. The number of alkyl halides is 2. The number of rotatable bonds is 8. The molecule has 0 unspecified atom stereocenters. The lowest BCUT2D eigenvalue weighted by atomic mass is 10.1. The molecule has 0 spiro atoms. The van der Waals surface area contributed by atoms with Crippen LogP contribution in [0.5, 0.6) is 5.75 Å². The zero-order chi connectivity index (χ0) is 22.7. The minimum atomic E-state index is -2.92. The summed E-state index contributed by atoms with van der Waals surface area (Å²) in [5.41, 5.74) is 3.30. The van der Waals surface area contributed by atoms with Gasteiger partial charge in [0.25, 0.3) is 0 Å². The Morgan fingerprint density at radius 3 is 2.66 bits per heavy atom. The summed E-state index contributed by atoms with van der Waals surface area (Å²) in [6.07, 6.45) is 3.77. The van der Waals surface area contributed by atoms with E-state index in [2.05, 4.69) is 28.0 Å². The highest BCUT2D eigenvalue weighted by atomic mass is 19.3. The predicted molar refractivity (Wildman–Crippen MR) is 119 cm³/mol. The molecule has 0 saturated heterocycles. The van der Waals surface area contributed by atoms with Crippen LogP contribution in [0.2, 0.25) is 0 Å². The Balaban J connectivity index is 1.74. The molecule has 164 valence electrons. The van der Waals surface area contributed by atoms with Gasteiger partial charge in [0.05, 0.1) is 16.8 Å². The molecule has 0 atom stereocenters. The SMILES string of the molecule is C=CCNC(=O)Nc1ccc(-c2c(C#N)c3ccc(OC(F)F)cc3n2CC2CC2)cc1. The Bertz CT molecular complexity index is 1190. The average molecular weight is 436 g/mol. The standard InChI is InChI=1S/C24H22F2N4O2/c1-2-11-28-24(31)29-17-7-5-16(6-8-17)22-20(13-27)19-10-9-18(32-23(25)26)12-21(19)30(22)14-15-3-4-15/h2,5-10,12,15,23H,1,3-4,11,14H2,(H2,28,29,31). The number of anilines is 1. The Hall–Kier alpha value is -3.86. The molecular formula is C24H22F2N4O2. The maximum atomic E-state index is 12.7. The quantitative estimate of drug-likeness (QED) is 0.458. The summed E-state index contributed by atoms with van der Waals surface area (Å²) in [5, 5.41) is 16.0. The molecule has 1 saturated carbocycles. The summed E-state index contributed by atoms with van der Waals surface area (Å²) >= 11 is 0. The van der Waals surface area contributed by atoms with E-state index in [9.17, 15) is 18.8 Å². The molecule has 2 N–H and O–H groups in total. The summed E-state index contributed by atoms with van der Waals surface area (Å²) in [7, 11) is 0. The van der Waals surface area contributed by atoms with E-state index in [0.29, 0.717) is 41.2 Å². The van der Waals surface area contributed by atoms with Crippen LogP contribution in [-0.2, 0) is 6.54 Å². The van der Waals surface area contributed by atoms with Crippen molar-refractivity contribution in [3.8, 4) is 23.1 Å². The molecule has 0 bridgehead atoms. The molecule has 2 aromatic carbocycles. The summed E-state index contributed by atoms with van der Waals surface area (Å²) in [6.45, 7) is 1.68. The molecule has 2 amide bonds. The highest BCUT2D eigenvalue weighted by molar-refractivity contribution is 5.96. The van der Waals surface area contributed by atoms with Gasteiger partial charge < -0.3 is 19.9 Å². The van der Waals surface area contributed by atoms with Crippen LogP contribution in [-0.4, -0.2) is 23.8 Å². The number of aromatic nitrogens is 1. The highest BCUT2D eigenvalue weighted by Crippen LogP contribution is 2.39. The van der Waals surface area contributed by atoms with Crippen molar-refractivity contribution < 1.29 is 18.3 Å². The molecule has 1 fully saturated rings. The fourth-order valence-electron chi connectivity index (χ4n) is 3.72. The number of nitrogens with zero attached hydrogens (tertiary/aromatic N) is 2. The number of carbonyl (C=O) groups excluding carboxylic acids is 1. The summed E-state index contributed by atoms with van der Waals surface area (Å²) in [6, 6.07) is 13.8. The first-order valence-corrected chi connectivity index (χ1v) is 10.3. The van der Waals surface area contributed by atoms with Gasteiger partial charge in [0.15, 0.2) is 0 Å². The van der Waals surface area contributed by atoms with Gasteiger partial charge >= 0.3 is 12.6 Å². The van der Waals surface area contributed by atoms with Crippen molar-refractivity contribution in [3.63, 3.8) is 0 Å². The Morgan fingerprint density at radius 2 is 2.03 bits per heavy atom. The zero-order valence-corrected chi connectivity index (χ0v) is 17.3. The van der Waals surface area contributed by atoms with Crippen LogP contribution in [0.4, 0.5) is 19.3 Å². The van der Waals surface area contributed by atoms with E-state index in [1.165, 1.54) is 6.07 Å². The maximum Gasteiger partial charge on any atom is 0.387 e. The molecule has 1 aromatic heterocycles. The minimum absolute atomic E-state index is 0.0585. The highest BCUT2D eigenvalue weighted by Gasteiger charge is 2.27. The third kappa shape index (κ3) is 4.57. The van der Waals surface area contributed by atoms with Gasteiger partial charge in [0.2, 0.25) is 0 Å². The van der Waals surface area contributed by atoms with E-state index in [1.54, 1.807) is 30.3 Å². The number of amides is 2. The van der Waals surface area contributed by atoms with Crippen molar-refractivity contribution >= 4 is 22.6 Å². The number of nitriles is 1. The third-order valence-corrected chi connectivity index (χ3v) is 5.33. The Morgan fingerprint density at radius 1 is 1.28 bits per heavy atom. The van der Waals surface area contributed by atoms with Crippen molar-refractivity contribution in [3.05, 3.63) is 60.7 Å². The number of halogens is 2. The molecule has 8 heteroatoms. The lowest BCUT2D eigenvalue weighted by molar-refractivity contribution is -0.0497. The van der Waals surface area contributed by atoms with E-state index >= 15 is 0 Å². The molecule has 1 aliphatic rings. The second-order valence-electron chi connectivity index (χ2n) is 7.65. The van der Waals surface area contributed by atoms with Gasteiger partial charge in [-0.05, 0) is 48.6 Å². The smallest absolute Gasteiger partial charge is 0.387 e. The molecule has 3 aromatic rings. The van der Waals surface area contributed by atoms with Crippen LogP contribution >= 0.6 is 0 Å². The number of urea groups is 1. The van der Waals surface area contributed by atoms with Gasteiger partial charge in [-0.25, -0.2) is 4.79 Å². The number of ether oxygens (including phenoxy) is 1. The van der Waals surface area contributed by atoms with Crippen molar-refractivity contribution in [1.82, 2.24) is 9.88 Å². The monoisotopic (exact) mass is 436 g/mol. The van der Waals surface area contributed by atoms with Crippen molar-refractivity contribution in [2.24, 2.45) is 5.92 Å². The number of benzene rings is 2. The summed E-state index contributed by atoms with van der Waals surface area (Å²) in [4.78, 5) is 11.9. The van der Waals surface area contributed by atoms with Crippen molar-refractivity contribution in [2.75, 3.05) is 11.9 Å². The maximum absolute atomic E-state index is 12.7. The van der Waals surface area contributed by atoms with Crippen molar-refractivity contribution in [1.29, 1.82) is 5.26 Å². The molecule has 6 nitrogen and oxygen atoms in total. The van der Waals surface area contributed by atoms with Crippen LogP contribution in [0.25, 0.3) is 22.2 Å². The van der Waals surface area contributed by atoms with E-state index < -0.39 is 6.61 Å². The first kappa shape index (κ1) is 21.4. The molecule has 1 aliphatic carbocycles. The topological polar surface area (TPSA) is 79.1 Å². The first-order chi connectivity index (χ1) is 15.5. The Labute approximate surface area is 184 Å². The lowest BCUT2D eigenvalue weighted by Gasteiger charge is -2.12. The number of carbonyl (C=O) groups is 1. The van der Waals surface area contributed by atoms with Gasteiger partial charge in [0.1, 0.15) is 11.8 Å². The van der Waals surface area contributed by atoms with Crippen LogP contribution in [0, 0.1) is 17.2 Å². The van der Waals surface area contributed by atoms with E-state index in [-0.39, 0.29) is 11.8 Å². The average Bonchev–Trinajstić information content (AvgIpc) is 3.54. The molecule has 32 heavy (non-hydrogen) atoms. The van der Waals surface area contributed by atoms with Crippen LogP contribution in [0.1, 0.15) is 18.4 Å². The van der Waals surface area contributed by atoms with E-state index in [4.69, 9.17) is 0 Å². The zero-order valence-electron chi connectivity index (χ0n) is 17.3. The van der Waals surface area contributed by atoms with Gasteiger partial charge in [-0.15, -0.1) is 6.58 Å². The molecular weight excluding hydrogens is 414 g/mol. The first-order valence-electron chi connectivity index (χ1n) is 10.3. The van der Waals surface area contributed by atoms with Gasteiger partial charge in [0, 0.05) is 30.2 Å². The number of nitrogens with one attached hydrogen (secondary N) is 2. The minimum Gasteiger partial charge on any atom is -0.435 e. The van der Waals surface area contributed by atoms with E-state index in [1.807, 2.05) is 16.7 Å². The molecule has 1 heterocycles. The normalized spacial score (nSPS) is 13.1. The van der Waals surface area contributed by atoms with Gasteiger partial charge in [-0.2, -0.15) is 14.0 Å². The molecule has 4 rings (SSSR count). The van der Waals surface area contributed by atoms with Crippen LogP contribution < -0.4 is 15.4 Å². The van der Waals surface area contributed by atoms with Gasteiger partial charge in [-0.3, -0.25) is 0 Å². The van der Waals surface area contributed by atoms with Crippen LogP contribution in [0.3, 0.4) is 0 Å². The Kier molecular flexibility index (Phi) is 6.08. The van der Waals surface area contributed by atoms with E-state index in [0.717, 1.165) is 24.1 Å². The number of hydrogen-bond donors (Lipinski definition) is 2. The largest absolute Gasteiger partial charge is 0.435 e. The lowest BCUT2D eigenvalue weighted by Crippen LogP contribution is -2.28. The van der Waals surface area contributed by atoms with Crippen LogP contribution in [0.15, 0.2) is 55.1 Å². The summed E-state index contributed by atoms with van der Waals surface area (Å²) in [5.74, 6) is 0.549. The van der Waals surface area contributed by atoms with Gasteiger partial charge in [-0.1, -0.05) is 18.2 Å². The number of hydrogen-bond acceptors (Lipinski definition) is 3. The fraction of sp³-hybridized carbons (Fsp3) is 0.250. The number of fused-ring (bicyclic) bond motifs is 1. The van der Waals surface area contributed by atoms with Crippen molar-refractivity contribution in [2.45, 2.75) is 26.0 Å². The molecule has 0 aliphatic heterocycles. The summed E-state index contributed by atoms with van der Waals surface area (Å²) < 4.78 is 32.1. The fourth-order valence-corrected chi connectivity index (χ4v) is 3.72. The molecule has 0 radical (unpaired) electrons. The second-order valence-corrected chi connectivity index (χ2v) is 7.65.